The molecule has 6 nitrogen and oxygen atoms in total. The molecule has 0 atom stereocenters. The molecule has 4 amide bonds. The van der Waals surface area contributed by atoms with Crippen LogP contribution in [0.3, 0.4) is 0 Å². The molecule has 2 rings (SSSR count). The van der Waals surface area contributed by atoms with E-state index in [0.717, 1.165) is 33.1 Å². The molecule has 2 N–H and O–H groups in total. The SMILES string of the molecule is O=C(NCCc1ccc(Br)cc1)NCCN1C(=O)CSC1=O. The lowest BCUT2D eigenvalue weighted by molar-refractivity contribution is -0.124. The zero-order valence-electron chi connectivity index (χ0n) is 11.8. The number of nitrogens with one attached hydrogen (secondary N) is 2. The second-order valence-electron chi connectivity index (χ2n) is 4.66. The monoisotopic (exact) mass is 385 g/mol. The zero-order valence-corrected chi connectivity index (χ0v) is 14.2. The fourth-order valence-electron chi connectivity index (χ4n) is 1.91. The van der Waals surface area contributed by atoms with Crippen molar-refractivity contribution in [3.8, 4) is 0 Å². The molecule has 0 unspecified atom stereocenters. The lowest BCUT2D eigenvalue weighted by Crippen LogP contribution is -2.42. The van der Waals surface area contributed by atoms with Crippen LogP contribution in [-0.4, -0.2) is 47.5 Å². The van der Waals surface area contributed by atoms with Gasteiger partial charge in [-0.3, -0.25) is 14.5 Å². The number of halogens is 1. The van der Waals surface area contributed by atoms with E-state index in [1.165, 1.54) is 0 Å². The maximum atomic E-state index is 11.6. The summed E-state index contributed by atoms with van der Waals surface area (Å²) >= 11 is 4.36. The summed E-state index contributed by atoms with van der Waals surface area (Å²) in [5.41, 5.74) is 1.13. The predicted octanol–water partition coefficient (Wildman–Crippen LogP) is 1.99. The van der Waals surface area contributed by atoms with Crippen LogP contribution in [0.25, 0.3) is 0 Å². The number of urea groups is 1. The summed E-state index contributed by atoms with van der Waals surface area (Å²) in [6.45, 7) is 0.984. The lowest BCUT2D eigenvalue weighted by atomic mass is 10.1. The van der Waals surface area contributed by atoms with Crippen LogP contribution in [0.15, 0.2) is 28.7 Å². The van der Waals surface area contributed by atoms with Crippen molar-refractivity contribution in [2.24, 2.45) is 0 Å². The second kappa shape index (κ2) is 8.19. The molecule has 0 bridgehead atoms. The van der Waals surface area contributed by atoms with Gasteiger partial charge in [0.2, 0.25) is 5.91 Å². The first kappa shape index (κ1) is 16.8. The van der Waals surface area contributed by atoms with Crippen molar-refractivity contribution in [1.29, 1.82) is 0 Å². The van der Waals surface area contributed by atoms with E-state index < -0.39 is 0 Å². The molecular weight excluding hydrogens is 370 g/mol. The van der Waals surface area contributed by atoms with Gasteiger partial charge in [-0.1, -0.05) is 39.8 Å². The highest BCUT2D eigenvalue weighted by atomic mass is 79.9. The van der Waals surface area contributed by atoms with Crippen LogP contribution in [0.4, 0.5) is 9.59 Å². The quantitative estimate of drug-likeness (QED) is 0.784. The van der Waals surface area contributed by atoms with Gasteiger partial charge in [-0.25, -0.2) is 4.79 Å². The molecule has 1 heterocycles. The number of carbonyl (C=O) groups excluding carboxylic acids is 3. The number of amides is 4. The molecule has 0 aromatic heterocycles. The molecule has 118 valence electrons. The number of imide groups is 1. The van der Waals surface area contributed by atoms with E-state index in [0.29, 0.717) is 6.54 Å². The van der Waals surface area contributed by atoms with E-state index in [-0.39, 0.29) is 36.0 Å². The molecule has 1 aliphatic rings. The second-order valence-corrected chi connectivity index (χ2v) is 6.50. The van der Waals surface area contributed by atoms with Crippen LogP contribution in [0.5, 0.6) is 0 Å². The normalized spacial score (nSPS) is 14.3. The minimum absolute atomic E-state index is 0.193. The number of benzene rings is 1. The van der Waals surface area contributed by atoms with Crippen molar-refractivity contribution in [1.82, 2.24) is 15.5 Å². The third-order valence-corrected chi connectivity index (χ3v) is 4.46. The van der Waals surface area contributed by atoms with Crippen LogP contribution in [0, 0.1) is 0 Å². The van der Waals surface area contributed by atoms with E-state index in [1.807, 2.05) is 24.3 Å². The fourth-order valence-corrected chi connectivity index (χ4v) is 2.93. The van der Waals surface area contributed by atoms with Crippen molar-refractivity contribution in [2.75, 3.05) is 25.4 Å². The summed E-state index contributed by atoms with van der Waals surface area (Å²) in [5, 5.41) is 5.12. The number of hydrogen-bond acceptors (Lipinski definition) is 4. The Bertz CT molecular complexity index is 549. The molecule has 0 aliphatic carbocycles. The largest absolute Gasteiger partial charge is 0.338 e. The number of hydrogen-bond donors (Lipinski definition) is 2. The van der Waals surface area contributed by atoms with Crippen molar-refractivity contribution in [3.63, 3.8) is 0 Å². The Morgan fingerprint density at radius 1 is 1.18 bits per heavy atom. The number of rotatable bonds is 6. The summed E-state index contributed by atoms with van der Waals surface area (Å²) in [5.74, 6) is -0.00876. The Hall–Kier alpha value is -1.54. The highest BCUT2D eigenvalue weighted by Gasteiger charge is 2.29. The van der Waals surface area contributed by atoms with Crippen molar-refractivity contribution in [3.05, 3.63) is 34.3 Å². The Kier molecular flexibility index (Phi) is 6.26. The van der Waals surface area contributed by atoms with Crippen molar-refractivity contribution >= 4 is 44.9 Å². The first-order chi connectivity index (χ1) is 10.6. The van der Waals surface area contributed by atoms with Gasteiger partial charge in [-0.05, 0) is 24.1 Å². The third-order valence-electron chi connectivity index (χ3n) is 3.07. The number of carbonyl (C=O) groups is 3. The van der Waals surface area contributed by atoms with E-state index in [2.05, 4.69) is 26.6 Å². The van der Waals surface area contributed by atoms with E-state index in [4.69, 9.17) is 0 Å². The molecule has 0 saturated carbocycles. The minimum Gasteiger partial charge on any atom is -0.338 e. The first-order valence-electron chi connectivity index (χ1n) is 6.79. The van der Waals surface area contributed by atoms with Gasteiger partial charge in [-0.2, -0.15) is 0 Å². The Morgan fingerprint density at radius 3 is 2.50 bits per heavy atom. The van der Waals surface area contributed by atoms with Gasteiger partial charge in [-0.15, -0.1) is 0 Å². The third kappa shape index (κ3) is 5.03. The fraction of sp³-hybridized carbons (Fsp3) is 0.357. The molecule has 8 heteroatoms. The van der Waals surface area contributed by atoms with Gasteiger partial charge in [0.1, 0.15) is 0 Å². The average Bonchev–Trinajstić information content (AvgIpc) is 2.81. The van der Waals surface area contributed by atoms with Gasteiger partial charge < -0.3 is 10.6 Å². The van der Waals surface area contributed by atoms with Gasteiger partial charge in [0.25, 0.3) is 5.24 Å². The van der Waals surface area contributed by atoms with Crippen LogP contribution in [0.2, 0.25) is 0 Å². The molecule has 22 heavy (non-hydrogen) atoms. The highest BCUT2D eigenvalue weighted by Crippen LogP contribution is 2.17. The van der Waals surface area contributed by atoms with Crippen LogP contribution in [0.1, 0.15) is 5.56 Å². The topological polar surface area (TPSA) is 78.5 Å². The first-order valence-corrected chi connectivity index (χ1v) is 8.57. The molecule has 1 aromatic carbocycles. The minimum atomic E-state index is -0.302. The summed E-state index contributed by atoms with van der Waals surface area (Å²) in [7, 11) is 0. The number of nitrogens with zero attached hydrogens (tertiary/aromatic N) is 1. The van der Waals surface area contributed by atoms with Gasteiger partial charge in [0.15, 0.2) is 0 Å². The Labute approximate surface area is 141 Å². The van der Waals surface area contributed by atoms with Crippen molar-refractivity contribution in [2.45, 2.75) is 6.42 Å². The zero-order chi connectivity index (χ0) is 15.9. The van der Waals surface area contributed by atoms with E-state index >= 15 is 0 Å². The Morgan fingerprint density at radius 2 is 1.86 bits per heavy atom. The Balaban J connectivity index is 1.61. The van der Waals surface area contributed by atoms with Gasteiger partial charge in [0, 0.05) is 24.1 Å². The molecule has 1 saturated heterocycles. The number of thioether (sulfide) groups is 1. The molecule has 0 radical (unpaired) electrons. The molecule has 1 fully saturated rings. The van der Waals surface area contributed by atoms with Gasteiger partial charge in [0.05, 0.1) is 5.75 Å². The van der Waals surface area contributed by atoms with Crippen LogP contribution < -0.4 is 10.6 Å². The standard InChI is InChI=1S/C14H16BrN3O3S/c15-11-3-1-10(2-4-11)5-6-16-13(20)17-7-8-18-12(19)9-22-14(18)21/h1-4H,5-9H2,(H2,16,17,20). The summed E-state index contributed by atoms with van der Waals surface area (Å²) < 4.78 is 1.02. The van der Waals surface area contributed by atoms with Gasteiger partial charge >= 0.3 is 6.03 Å². The molecule has 0 spiro atoms. The van der Waals surface area contributed by atoms with E-state index in [1.54, 1.807) is 0 Å². The highest BCUT2D eigenvalue weighted by molar-refractivity contribution is 9.10. The average molecular weight is 386 g/mol. The molecule has 1 aliphatic heterocycles. The smallest absolute Gasteiger partial charge is 0.314 e. The summed E-state index contributed by atoms with van der Waals surface area (Å²) in [6, 6.07) is 7.59. The van der Waals surface area contributed by atoms with Crippen molar-refractivity contribution < 1.29 is 14.4 Å². The van der Waals surface area contributed by atoms with E-state index in [9.17, 15) is 14.4 Å². The lowest BCUT2D eigenvalue weighted by Gasteiger charge is -2.13. The molecular formula is C14H16BrN3O3S. The predicted molar refractivity (Wildman–Crippen MR) is 88.8 cm³/mol. The summed E-state index contributed by atoms with van der Waals surface area (Å²) in [6.07, 6.45) is 0.737. The van der Waals surface area contributed by atoms with Crippen LogP contribution in [-0.2, 0) is 11.2 Å². The maximum Gasteiger partial charge on any atom is 0.314 e. The summed E-state index contributed by atoms with van der Waals surface area (Å²) in [4.78, 5) is 35.5. The van der Waals surface area contributed by atoms with Crippen LogP contribution >= 0.6 is 27.7 Å². The maximum absolute atomic E-state index is 11.6. The molecule has 1 aromatic rings.